The minimum atomic E-state index is -0.981. The highest BCUT2D eigenvalue weighted by Gasteiger charge is 2.35. The highest BCUT2D eigenvalue weighted by Crippen LogP contribution is 2.30. The Hall–Kier alpha value is -1.59. The number of benzene rings is 1. The van der Waals surface area contributed by atoms with Gasteiger partial charge in [-0.2, -0.15) is 0 Å². The van der Waals surface area contributed by atoms with E-state index in [4.69, 9.17) is 16.7 Å². The molecule has 1 saturated heterocycles. The van der Waals surface area contributed by atoms with Gasteiger partial charge in [0.2, 0.25) is 5.91 Å². The van der Waals surface area contributed by atoms with Crippen LogP contribution in [0.5, 0.6) is 0 Å². The fourth-order valence-corrected chi connectivity index (χ4v) is 2.24. The number of aliphatic hydroxyl groups is 1. The largest absolute Gasteiger partial charge is 0.481 e. The van der Waals surface area contributed by atoms with E-state index in [1.54, 1.807) is 18.2 Å². The van der Waals surface area contributed by atoms with Gasteiger partial charge < -0.3 is 15.1 Å². The van der Waals surface area contributed by atoms with Gasteiger partial charge in [0.05, 0.1) is 12.5 Å². The van der Waals surface area contributed by atoms with E-state index in [0.717, 1.165) is 0 Å². The summed E-state index contributed by atoms with van der Waals surface area (Å²) in [5.74, 6) is -1.93. The number of aliphatic carboxylic acids is 1. The molecule has 0 saturated carbocycles. The van der Waals surface area contributed by atoms with Crippen LogP contribution in [0.4, 0.5) is 5.69 Å². The van der Waals surface area contributed by atoms with Gasteiger partial charge in [0, 0.05) is 29.2 Å². The zero-order valence-corrected chi connectivity index (χ0v) is 10.2. The normalized spacial score (nSPS) is 19.3. The number of halogens is 1. The van der Waals surface area contributed by atoms with Gasteiger partial charge in [-0.15, -0.1) is 0 Å². The van der Waals surface area contributed by atoms with Crippen LogP contribution in [0.15, 0.2) is 18.2 Å². The third-order valence-electron chi connectivity index (χ3n) is 2.98. The lowest BCUT2D eigenvalue weighted by Gasteiger charge is -2.19. The Morgan fingerprint density at radius 1 is 1.50 bits per heavy atom. The maximum atomic E-state index is 11.8. The number of anilines is 1. The topological polar surface area (TPSA) is 77.8 Å². The second-order valence-corrected chi connectivity index (χ2v) is 4.61. The minimum Gasteiger partial charge on any atom is -0.481 e. The van der Waals surface area contributed by atoms with Gasteiger partial charge in [0.15, 0.2) is 0 Å². The van der Waals surface area contributed by atoms with E-state index >= 15 is 0 Å². The van der Waals surface area contributed by atoms with E-state index in [2.05, 4.69) is 0 Å². The molecule has 18 heavy (non-hydrogen) atoms. The predicted molar refractivity (Wildman–Crippen MR) is 65.5 cm³/mol. The summed E-state index contributed by atoms with van der Waals surface area (Å²) in [6.45, 7) is -0.125. The average Bonchev–Trinajstić information content (AvgIpc) is 2.71. The van der Waals surface area contributed by atoms with Crippen LogP contribution in [-0.2, 0) is 16.2 Å². The van der Waals surface area contributed by atoms with Gasteiger partial charge >= 0.3 is 5.97 Å². The number of rotatable bonds is 3. The van der Waals surface area contributed by atoms with Crippen LogP contribution in [0, 0.1) is 5.92 Å². The summed E-state index contributed by atoms with van der Waals surface area (Å²) in [4.78, 5) is 24.1. The molecule has 0 aliphatic carbocycles. The molecule has 0 bridgehead atoms. The highest BCUT2D eigenvalue weighted by molar-refractivity contribution is 6.30. The maximum absolute atomic E-state index is 11.8. The zero-order valence-electron chi connectivity index (χ0n) is 9.47. The van der Waals surface area contributed by atoms with Gasteiger partial charge in [-0.1, -0.05) is 11.6 Å². The molecule has 1 heterocycles. The monoisotopic (exact) mass is 269 g/mol. The van der Waals surface area contributed by atoms with Crippen molar-refractivity contribution in [1.82, 2.24) is 0 Å². The summed E-state index contributed by atoms with van der Waals surface area (Å²) in [7, 11) is 0. The second kappa shape index (κ2) is 4.96. The second-order valence-electron chi connectivity index (χ2n) is 4.17. The lowest BCUT2D eigenvalue weighted by atomic mass is 10.1. The zero-order chi connectivity index (χ0) is 13.3. The van der Waals surface area contributed by atoms with Crippen molar-refractivity contribution in [2.45, 2.75) is 13.0 Å². The first-order valence-electron chi connectivity index (χ1n) is 5.45. The summed E-state index contributed by atoms with van der Waals surface area (Å²) < 4.78 is 0. The molecule has 1 unspecified atom stereocenters. The van der Waals surface area contributed by atoms with Gasteiger partial charge in [-0.3, -0.25) is 9.59 Å². The Kier molecular flexibility index (Phi) is 3.54. The minimum absolute atomic E-state index is 0.0111. The van der Waals surface area contributed by atoms with Crippen LogP contribution in [0.1, 0.15) is 12.0 Å². The maximum Gasteiger partial charge on any atom is 0.308 e. The number of hydrogen-bond acceptors (Lipinski definition) is 3. The van der Waals surface area contributed by atoms with E-state index < -0.39 is 11.9 Å². The van der Waals surface area contributed by atoms with Crippen molar-refractivity contribution >= 4 is 29.2 Å². The molecule has 1 aliphatic rings. The van der Waals surface area contributed by atoms with Crippen molar-refractivity contribution in [3.05, 3.63) is 28.8 Å². The van der Waals surface area contributed by atoms with Gasteiger partial charge in [0.1, 0.15) is 0 Å². The number of carboxylic acid groups (broad SMARTS) is 1. The fraction of sp³-hybridized carbons (Fsp3) is 0.333. The molecule has 1 aliphatic heterocycles. The quantitative estimate of drug-likeness (QED) is 0.866. The molecular formula is C12H12ClNO4. The first-order chi connectivity index (χ1) is 8.52. The average molecular weight is 270 g/mol. The predicted octanol–water partition coefficient (Wildman–Crippen LogP) is 1.27. The van der Waals surface area contributed by atoms with Crippen LogP contribution < -0.4 is 4.90 Å². The SMILES string of the molecule is O=C(O)C1CC(=O)N(c2ccc(Cl)cc2CO)C1. The van der Waals surface area contributed by atoms with E-state index in [9.17, 15) is 14.7 Å². The van der Waals surface area contributed by atoms with Crippen LogP contribution in [-0.4, -0.2) is 28.6 Å². The van der Waals surface area contributed by atoms with Crippen molar-refractivity contribution in [2.75, 3.05) is 11.4 Å². The smallest absolute Gasteiger partial charge is 0.308 e. The third kappa shape index (κ3) is 2.32. The Bertz CT molecular complexity index is 503. The lowest BCUT2D eigenvalue weighted by Crippen LogP contribution is -2.26. The molecule has 1 atom stereocenters. The van der Waals surface area contributed by atoms with Crippen molar-refractivity contribution in [3.63, 3.8) is 0 Å². The number of carbonyl (C=O) groups is 2. The molecule has 0 spiro atoms. The Labute approximate surface area is 109 Å². The van der Waals surface area contributed by atoms with E-state index in [1.165, 1.54) is 4.90 Å². The number of amides is 1. The number of carboxylic acids is 1. The molecule has 1 fully saturated rings. The highest BCUT2D eigenvalue weighted by atomic mass is 35.5. The summed E-state index contributed by atoms with van der Waals surface area (Å²) in [6.07, 6.45) is -0.0111. The summed E-state index contributed by atoms with van der Waals surface area (Å²) >= 11 is 5.81. The number of aliphatic hydroxyl groups excluding tert-OH is 1. The molecule has 0 radical (unpaired) electrons. The molecule has 1 aromatic carbocycles. The molecule has 0 aromatic heterocycles. The number of carbonyl (C=O) groups excluding carboxylic acids is 1. The van der Waals surface area contributed by atoms with Crippen LogP contribution >= 0.6 is 11.6 Å². The van der Waals surface area contributed by atoms with E-state index in [-0.39, 0.29) is 25.5 Å². The molecular weight excluding hydrogens is 258 g/mol. The van der Waals surface area contributed by atoms with Crippen LogP contribution in [0.3, 0.4) is 0 Å². The first-order valence-corrected chi connectivity index (χ1v) is 5.83. The molecule has 96 valence electrons. The van der Waals surface area contributed by atoms with Gasteiger partial charge in [0.25, 0.3) is 0 Å². The molecule has 2 rings (SSSR count). The fourth-order valence-electron chi connectivity index (χ4n) is 2.05. The van der Waals surface area contributed by atoms with Gasteiger partial charge in [-0.25, -0.2) is 0 Å². The molecule has 1 aromatic rings. The van der Waals surface area contributed by atoms with Crippen molar-refractivity contribution < 1.29 is 19.8 Å². The Morgan fingerprint density at radius 3 is 2.78 bits per heavy atom. The first kappa shape index (κ1) is 12.9. The number of hydrogen-bond donors (Lipinski definition) is 2. The Morgan fingerprint density at radius 2 is 2.22 bits per heavy atom. The van der Waals surface area contributed by atoms with Crippen molar-refractivity contribution in [1.29, 1.82) is 0 Å². The van der Waals surface area contributed by atoms with Crippen LogP contribution in [0.25, 0.3) is 0 Å². The molecule has 2 N–H and O–H groups in total. The third-order valence-corrected chi connectivity index (χ3v) is 3.21. The standard InChI is InChI=1S/C12H12ClNO4/c13-9-1-2-10(8(3-9)6-15)14-5-7(12(17)18)4-11(14)16/h1-3,7,15H,4-6H2,(H,17,18). The lowest BCUT2D eigenvalue weighted by molar-refractivity contribution is -0.141. The Balaban J connectivity index is 2.32. The molecule has 5 nitrogen and oxygen atoms in total. The van der Waals surface area contributed by atoms with Crippen molar-refractivity contribution in [3.8, 4) is 0 Å². The summed E-state index contributed by atoms with van der Waals surface area (Å²) in [5.41, 5.74) is 1.04. The van der Waals surface area contributed by atoms with Crippen molar-refractivity contribution in [2.24, 2.45) is 5.92 Å². The molecule has 6 heteroatoms. The molecule has 1 amide bonds. The van der Waals surface area contributed by atoms with Crippen LogP contribution in [0.2, 0.25) is 5.02 Å². The number of nitrogens with zero attached hydrogens (tertiary/aromatic N) is 1. The summed E-state index contributed by atoms with van der Waals surface area (Å²) in [5, 5.41) is 18.6. The summed E-state index contributed by atoms with van der Waals surface area (Å²) in [6, 6.07) is 4.80. The van der Waals surface area contributed by atoms with E-state index in [0.29, 0.717) is 16.3 Å². The van der Waals surface area contributed by atoms with E-state index in [1.807, 2.05) is 0 Å². The van der Waals surface area contributed by atoms with Gasteiger partial charge in [-0.05, 0) is 18.2 Å².